The fourth-order valence-corrected chi connectivity index (χ4v) is 3.18. The SMILES string of the molecule is CCn1cc(Br)c(CNC(=O)c2ccn(COc3ccc(C(C)(C)C)cc3)n2)n1. The van der Waals surface area contributed by atoms with Crippen LogP contribution in [0.1, 0.15) is 49.4 Å². The average molecular weight is 460 g/mol. The Balaban J connectivity index is 1.53. The summed E-state index contributed by atoms with van der Waals surface area (Å²) >= 11 is 3.46. The Hall–Kier alpha value is -2.61. The van der Waals surface area contributed by atoms with Gasteiger partial charge in [-0.15, -0.1) is 0 Å². The highest BCUT2D eigenvalue weighted by atomic mass is 79.9. The van der Waals surface area contributed by atoms with Crippen LogP contribution in [-0.2, 0) is 25.2 Å². The van der Waals surface area contributed by atoms with Gasteiger partial charge < -0.3 is 10.1 Å². The molecule has 7 nitrogen and oxygen atoms in total. The van der Waals surface area contributed by atoms with Gasteiger partial charge in [-0.1, -0.05) is 32.9 Å². The van der Waals surface area contributed by atoms with E-state index >= 15 is 0 Å². The molecular formula is C21H26BrN5O2. The van der Waals surface area contributed by atoms with Gasteiger partial charge in [-0.2, -0.15) is 10.2 Å². The van der Waals surface area contributed by atoms with E-state index in [4.69, 9.17) is 4.74 Å². The molecule has 0 saturated heterocycles. The molecule has 29 heavy (non-hydrogen) atoms. The molecule has 1 aromatic carbocycles. The van der Waals surface area contributed by atoms with Crippen LogP contribution in [-0.4, -0.2) is 25.5 Å². The topological polar surface area (TPSA) is 74.0 Å². The first-order valence-electron chi connectivity index (χ1n) is 9.53. The number of aryl methyl sites for hydroxylation is 1. The molecule has 0 unspecified atom stereocenters. The number of ether oxygens (including phenoxy) is 1. The fraction of sp³-hybridized carbons (Fsp3) is 0.381. The van der Waals surface area contributed by atoms with Gasteiger partial charge in [-0.25, -0.2) is 4.68 Å². The molecule has 0 atom stereocenters. The minimum Gasteiger partial charge on any atom is -0.471 e. The average Bonchev–Trinajstić information content (AvgIpc) is 3.30. The standard InChI is InChI=1S/C21H26BrN5O2/c1-5-26-13-17(22)19(25-26)12-23-20(28)18-10-11-27(24-18)14-29-16-8-6-15(7-9-16)21(2,3)4/h6-11,13H,5,12,14H2,1-4H3,(H,23,28). The van der Waals surface area contributed by atoms with Crippen LogP contribution in [0.2, 0.25) is 0 Å². The van der Waals surface area contributed by atoms with Crippen molar-refractivity contribution in [3.63, 3.8) is 0 Å². The van der Waals surface area contributed by atoms with Crippen LogP contribution in [0.25, 0.3) is 0 Å². The van der Waals surface area contributed by atoms with Crippen molar-refractivity contribution in [1.29, 1.82) is 0 Å². The molecule has 0 aliphatic carbocycles. The predicted molar refractivity (Wildman–Crippen MR) is 115 cm³/mol. The van der Waals surface area contributed by atoms with Gasteiger partial charge in [0.15, 0.2) is 6.73 Å². The highest BCUT2D eigenvalue weighted by Gasteiger charge is 2.14. The number of carbonyl (C=O) groups is 1. The van der Waals surface area contributed by atoms with Gasteiger partial charge in [0, 0.05) is 18.9 Å². The molecule has 3 aromatic rings. The largest absolute Gasteiger partial charge is 0.471 e. The first-order chi connectivity index (χ1) is 13.8. The van der Waals surface area contributed by atoms with Crippen LogP contribution < -0.4 is 10.1 Å². The third-order valence-corrected chi connectivity index (χ3v) is 5.15. The summed E-state index contributed by atoms with van der Waals surface area (Å²) in [4.78, 5) is 12.3. The maximum atomic E-state index is 12.3. The summed E-state index contributed by atoms with van der Waals surface area (Å²) in [6, 6.07) is 9.70. The van der Waals surface area contributed by atoms with Crippen LogP contribution in [0.5, 0.6) is 5.75 Å². The molecule has 0 aliphatic rings. The summed E-state index contributed by atoms with van der Waals surface area (Å²) in [7, 11) is 0. The molecule has 1 N–H and O–H groups in total. The van der Waals surface area contributed by atoms with Crippen LogP contribution in [0.4, 0.5) is 0 Å². The Morgan fingerprint density at radius 1 is 1.14 bits per heavy atom. The van der Waals surface area contributed by atoms with E-state index in [9.17, 15) is 4.79 Å². The summed E-state index contributed by atoms with van der Waals surface area (Å²) in [6.45, 7) is 9.86. The van der Waals surface area contributed by atoms with E-state index in [0.717, 1.165) is 22.5 Å². The zero-order valence-corrected chi connectivity index (χ0v) is 18.7. The second-order valence-corrected chi connectivity index (χ2v) is 8.60. The van der Waals surface area contributed by atoms with Crippen LogP contribution in [0.3, 0.4) is 0 Å². The van der Waals surface area contributed by atoms with E-state index in [0.29, 0.717) is 12.2 Å². The Labute approximate surface area is 179 Å². The predicted octanol–water partition coefficient (Wildman–Crippen LogP) is 4.13. The van der Waals surface area contributed by atoms with Crippen LogP contribution in [0, 0.1) is 0 Å². The lowest BCUT2D eigenvalue weighted by Gasteiger charge is -2.19. The molecule has 0 radical (unpaired) electrons. The summed E-state index contributed by atoms with van der Waals surface area (Å²) in [5.74, 6) is 0.507. The number of aromatic nitrogens is 4. The molecule has 0 aliphatic heterocycles. The molecule has 2 heterocycles. The first kappa shape index (κ1) is 21.1. The lowest BCUT2D eigenvalue weighted by molar-refractivity contribution is 0.0943. The van der Waals surface area contributed by atoms with Crippen LogP contribution >= 0.6 is 15.9 Å². The summed E-state index contributed by atoms with van der Waals surface area (Å²) in [5, 5.41) is 11.5. The maximum absolute atomic E-state index is 12.3. The number of rotatable bonds is 7. The van der Waals surface area contributed by atoms with Crippen molar-refractivity contribution in [2.45, 2.75) is 52.9 Å². The number of benzene rings is 1. The molecule has 154 valence electrons. The highest BCUT2D eigenvalue weighted by molar-refractivity contribution is 9.10. The van der Waals surface area contributed by atoms with E-state index < -0.39 is 0 Å². The lowest BCUT2D eigenvalue weighted by Crippen LogP contribution is -2.24. The zero-order chi connectivity index (χ0) is 21.0. The fourth-order valence-electron chi connectivity index (χ4n) is 2.72. The number of hydrogen-bond acceptors (Lipinski definition) is 4. The van der Waals surface area contributed by atoms with Gasteiger partial charge in [-0.3, -0.25) is 9.48 Å². The Bertz CT molecular complexity index is 970. The molecule has 0 saturated carbocycles. The third-order valence-electron chi connectivity index (χ3n) is 4.48. The van der Waals surface area contributed by atoms with E-state index in [-0.39, 0.29) is 18.1 Å². The summed E-state index contributed by atoms with van der Waals surface area (Å²) < 4.78 is 10.0. The van der Waals surface area contributed by atoms with Gasteiger partial charge in [0.25, 0.3) is 5.91 Å². The van der Waals surface area contributed by atoms with Crippen molar-refractivity contribution >= 4 is 21.8 Å². The Morgan fingerprint density at radius 3 is 2.48 bits per heavy atom. The number of amides is 1. The normalized spacial score (nSPS) is 11.5. The number of halogens is 1. The maximum Gasteiger partial charge on any atom is 0.272 e. The second kappa shape index (κ2) is 8.82. The van der Waals surface area contributed by atoms with Crippen molar-refractivity contribution in [1.82, 2.24) is 24.9 Å². The van der Waals surface area contributed by atoms with E-state index in [1.807, 2.05) is 29.9 Å². The number of nitrogens with one attached hydrogen (secondary N) is 1. The molecule has 2 aromatic heterocycles. The van der Waals surface area contributed by atoms with Crippen LogP contribution in [0.15, 0.2) is 47.2 Å². The van der Waals surface area contributed by atoms with Crippen molar-refractivity contribution in [2.24, 2.45) is 0 Å². The quantitative estimate of drug-likeness (QED) is 0.576. The van der Waals surface area contributed by atoms with Crippen molar-refractivity contribution < 1.29 is 9.53 Å². The molecular weight excluding hydrogens is 434 g/mol. The number of nitrogens with zero attached hydrogens (tertiary/aromatic N) is 4. The van der Waals surface area contributed by atoms with E-state index in [2.05, 4.69) is 64.3 Å². The van der Waals surface area contributed by atoms with Gasteiger partial charge >= 0.3 is 0 Å². The summed E-state index contributed by atoms with van der Waals surface area (Å²) in [6.07, 6.45) is 3.61. The highest BCUT2D eigenvalue weighted by Crippen LogP contribution is 2.24. The van der Waals surface area contributed by atoms with Gasteiger partial charge in [-0.05, 0) is 52.0 Å². The van der Waals surface area contributed by atoms with Crippen molar-refractivity contribution in [2.75, 3.05) is 0 Å². The van der Waals surface area contributed by atoms with Crippen molar-refractivity contribution in [3.8, 4) is 5.75 Å². The first-order valence-corrected chi connectivity index (χ1v) is 10.3. The van der Waals surface area contributed by atoms with Gasteiger partial charge in [0.1, 0.15) is 11.4 Å². The monoisotopic (exact) mass is 459 g/mol. The second-order valence-electron chi connectivity index (χ2n) is 7.75. The van der Waals surface area contributed by atoms with Gasteiger partial charge in [0.2, 0.25) is 0 Å². The Morgan fingerprint density at radius 2 is 1.86 bits per heavy atom. The number of carbonyl (C=O) groups excluding carboxylic acids is 1. The lowest BCUT2D eigenvalue weighted by atomic mass is 9.87. The van der Waals surface area contributed by atoms with E-state index in [1.165, 1.54) is 5.56 Å². The summed E-state index contributed by atoms with van der Waals surface area (Å²) in [5.41, 5.74) is 2.47. The Kier molecular flexibility index (Phi) is 6.42. The molecule has 0 fully saturated rings. The third kappa shape index (κ3) is 5.47. The molecule has 3 rings (SSSR count). The zero-order valence-electron chi connectivity index (χ0n) is 17.1. The number of hydrogen-bond donors (Lipinski definition) is 1. The molecule has 0 spiro atoms. The minimum atomic E-state index is -0.253. The van der Waals surface area contributed by atoms with Gasteiger partial charge in [0.05, 0.1) is 16.7 Å². The molecule has 0 bridgehead atoms. The smallest absolute Gasteiger partial charge is 0.272 e. The molecule has 8 heteroatoms. The minimum absolute atomic E-state index is 0.104. The van der Waals surface area contributed by atoms with Crippen molar-refractivity contribution in [3.05, 3.63) is 64.1 Å². The van der Waals surface area contributed by atoms with E-state index in [1.54, 1.807) is 16.9 Å². The molecule has 1 amide bonds.